The summed E-state index contributed by atoms with van der Waals surface area (Å²) in [5.74, 6) is -0.219. The second kappa shape index (κ2) is 10.9. The molecule has 1 atom stereocenters. The lowest BCUT2D eigenvalue weighted by molar-refractivity contribution is -0.615. The number of hydrogen-bond acceptors (Lipinski definition) is 8. The van der Waals surface area contributed by atoms with Crippen molar-refractivity contribution in [3.8, 4) is 28.1 Å². The molecule has 1 amide bonds. The highest BCUT2D eigenvalue weighted by molar-refractivity contribution is 6.31. The van der Waals surface area contributed by atoms with Crippen LogP contribution < -0.4 is 10.0 Å². The predicted octanol–water partition coefficient (Wildman–Crippen LogP) is 4.58. The van der Waals surface area contributed by atoms with E-state index in [1.54, 1.807) is 53.3 Å². The van der Waals surface area contributed by atoms with Gasteiger partial charge in [0.2, 0.25) is 5.69 Å². The standard InChI is InChI=1S/C27H23ClFN9O3/c1-41-27(39)31-19-7-4-17(5-8-19)21-14-36(34-32-21)24(12-16-2-3-16)22-10-6-18(13-38(22)40)25-23(37-15-30-33-35-37)11-9-20(28)26(25)29/h4-11,13-16,24H,2-3,12H2,1H3,(H,31,39)/t24-/m0/s1. The van der Waals surface area contributed by atoms with Crippen LogP contribution in [0.15, 0.2) is 67.3 Å². The lowest BCUT2D eigenvalue weighted by atomic mass is 10.0. The molecule has 1 N–H and O–H groups in total. The highest BCUT2D eigenvalue weighted by Gasteiger charge is 2.32. The van der Waals surface area contributed by atoms with Crippen LogP contribution in [0.3, 0.4) is 0 Å². The molecule has 12 nitrogen and oxygen atoms in total. The molecule has 5 aromatic rings. The summed E-state index contributed by atoms with van der Waals surface area (Å²) in [5, 5.41) is 35.8. The Bertz CT molecular complexity index is 1710. The number of amides is 1. The van der Waals surface area contributed by atoms with Crippen LogP contribution in [0, 0.1) is 16.9 Å². The Morgan fingerprint density at radius 3 is 2.63 bits per heavy atom. The van der Waals surface area contributed by atoms with Gasteiger partial charge < -0.3 is 9.94 Å². The van der Waals surface area contributed by atoms with E-state index in [9.17, 15) is 10.0 Å². The Morgan fingerprint density at radius 1 is 1.17 bits per heavy atom. The van der Waals surface area contributed by atoms with E-state index in [2.05, 4.69) is 35.9 Å². The molecule has 0 bridgehead atoms. The zero-order valence-electron chi connectivity index (χ0n) is 21.7. The molecular weight excluding hydrogens is 553 g/mol. The topological polar surface area (TPSA) is 140 Å². The predicted molar refractivity (Wildman–Crippen MR) is 145 cm³/mol. The normalized spacial score (nSPS) is 13.6. The summed E-state index contributed by atoms with van der Waals surface area (Å²) in [7, 11) is 1.29. The van der Waals surface area contributed by atoms with Gasteiger partial charge in [-0.25, -0.2) is 13.9 Å². The molecule has 1 fully saturated rings. The minimum atomic E-state index is -0.685. The van der Waals surface area contributed by atoms with Crippen LogP contribution in [-0.2, 0) is 4.74 Å². The van der Waals surface area contributed by atoms with E-state index in [-0.39, 0.29) is 10.6 Å². The number of benzene rings is 2. The number of pyridine rings is 1. The van der Waals surface area contributed by atoms with Crippen molar-refractivity contribution in [2.45, 2.75) is 25.3 Å². The third-order valence-corrected chi connectivity index (χ3v) is 7.23. The second-order valence-electron chi connectivity index (χ2n) is 9.65. The van der Waals surface area contributed by atoms with Crippen molar-refractivity contribution in [3.63, 3.8) is 0 Å². The number of ether oxygens (including phenoxy) is 1. The minimum absolute atomic E-state index is 0.0887. The number of anilines is 1. The SMILES string of the molecule is COC(=O)Nc1ccc(-c2cn([C@@H](CC3CC3)c3ccc(-c4c(-n5cnnn5)ccc(Cl)c4F)c[n+]3[O-])nn2)cc1. The maximum absolute atomic E-state index is 15.3. The van der Waals surface area contributed by atoms with Crippen molar-refractivity contribution >= 4 is 23.4 Å². The number of halogens is 2. The average Bonchev–Trinajstić information content (AvgIpc) is 3.41. The monoisotopic (exact) mass is 575 g/mol. The van der Waals surface area contributed by atoms with Crippen molar-refractivity contribution in [1.29, 1.82) is 0 Å². The molecule has 1 aliphatic carbocycles. The third kappa shape index (κ3) is 5.43. The summed E-state index contributed by atoms with van der Waals surface area (Å²) in [6.07, 6.45) is 6.74. The molecular formula is C27H23ClFN9O3. The Hall–Kier alpha value is -4.91. The van der Waals surface area contributed by atoms with Crippen LogP contribution in [0.5, 0.6) is 0 Å². The largest absolute Gasteiger partial charge is 0.618 e. The lowest BCUT2D eigenvalue weighted by Crippen LogP contribution is -2.35. The molecule has 3 aromatic heterocycles. The molecule has 41 heavy (non-hydrogen) atoms. The van der Waals surface area contributed by atoms with Gasteiger partial charge in [0.1, 0.15) is 18.1 Å². The first-order valence-corrected chi connectivity index (χ1v) is 13.1. The summed E-state index contributed by atoms with van der Waals surface area (Å²) in [6.45, 7) is 0. The van der Waals surface area contributed by atoms with E-state index < -0.39 is 18.0 Å². The van der Waals surface area contributed by atoms with Gasteiger partial charge in [0.05, 0.1) is 35.1 Å². The van der Waals surface area contributed by atoms with Crippen LogP contribution in [-0.4, -0.2) is 48.4 Å². The minimum Gasteiger partial charge on any atom is -0.618 e. The molecule has 14 heteroatoms. The maximum atomic E-state index is 15.3. The van der Waals surface area contributed by atoms with Crippen molar-refractivity contribution in [2.24, 2.45) is 5.92 Å². The molecule has 1 saturated carbocycles. The van der Waals surface area contributed by atoms with Gasteiger partial charge in [-0.05, 0) is 53.1 Å². The van der Waals surface area contributed by atoms with E-state index >= 15 is 4.39 Å². The third-order valence-electron chi connectivity index (χ3n) is 6.94. The van der Waals surface area contributed by atoms with Crippen LogP contribution in [0.4, 0.5) is 14.9 Å². The summed E-state index contributed by atoms with van der Waals surface area (Å²) >= 11 is 6.09. The molecule has 0 unspecified atom stereocenters. The van der Waals surface area contributed by atoms with Gasteiger partial charge in [-0.1, -0.05) is 41.8 Å². The van der Waals surface area contributed by atoms with E-state index in [1.165, 1.54) is 30.4 Å². The summed E-state index contributed by atoms with van der Waals surface area (Å²) < 4.78 is 23.6. The molecule has 6 rings (SSSR count). The molecule has 208 valence electrons. The van der Waals surface area contributed by atoms with Crippen LogP contribution >= 0.6 is 11.6 Å². The van der Waals surface area contributed by atoms with Gasteiger partial charge >= 0.3 is 6.09 Å². The molecule has 1 aliphatic rings. The van der Waals surface area contributed by atoms with Gasteiger partial charge in [0, 0.05) is 17.3 Å². The lowest BCUT2D eigenvalue weighted by Gasteiger charge is -2.17. The maximum Gasteiger partial charge on any atom is 0.411 e. The fourth-order valence-corrected chi connectivity index (χ4v) is 4.82. The second-order valence-corrected chi connectivity index (χ2v) is 10.1. The zero-order valence-corrected chi connectivity index (χ0v) is 22.4. The number of rotatable bonds is 8. The van der Waals surface area contributed by atoms with E-state index in [0.29, 0.717) is 40.7 Å². The number of carbonyl (C=O) groups is 1. The van der Waals surface area contributed by atoms with Gasteiger partial charge in [-0.2, -0.15) is 9.41 Å². The van der Waals surface area contributed by atoms with Crippen molar-refractivity contribution < 1.29 is 18.7 Å². The Labute approximate surface area is 237 Å². The fourth-order valence-electron chi connectivity index (χ4n) is 4.66. The quantitative estimate of drug-likeness (QED) is 0.209. The summed E-state index contributed by atoms with van der Waals surface area (Å²) in [4.78, 5) is 11.5. The average molecular weight is 576 g/mol. The van der Waals surface area contributed by atoms with E-state index in [0.717, 1.165) is 23.1 Å². The van der Waals surface area contributed by atoms with Crippen molar-refractivity contribution in [2.75, 3.05) is 12.4 Å². The van der Waals surface area contributed by atoms with Crippen LogP contribution in [0.25, 0.3) is 28.1 Å². The van der Waals surface area contributed by atoms with Crippen molar-refractivity contribution in [1.82, 2.24) is 35.2 Å². The number of methoxy groups -OCH3 is 1. The van der Waals surface area contributed by atoms with E-state index in [4.69, 9.17) is 11.6 Å². The number of nitrogens with zero attached hydrogens (tertiary/aromatic N) is 8. The van der Waals surface area contributed by atoms with Crippen LogP contribution in [0.1, 0.15) is 31.0 Å². The van der Waals surface area contributed by atoms with Gasteiger partial charge in [-0.15, -0.1) is 10.2 Å². The van der Waals surface area contributed by atoms with Gasteiger partial charge in [0.15, 0.2) is 12.0 Å². The zero-order chi connectivity index (χ0) is 28.5. The Kier molecular flexibility index (Phi) is 7.01. The number of carbonyl (C=O) groups excluding carboxylic acids is 1. The highest BCUT2D eigenvalue weighted by atomic mass is 35.5. The first-order chi connectivity index (χ1) is 19.9. The fraction of sp³-hybridized carbons (Fsp3) is 0.222. The number of aromatic nitrogens is 8. The summed E-state index contributed by atoms with van der Waals surface area (Å²) in [6, 6.07) is 13.0. The van der Waals surface area contributed by atoms with Crippen molar-refractivity contribution in [3.05, 3.63) is 89.0 Å². The molecule has 0 spiro atoms. The Morgan fingerprint density at radius 2 is 1.95 bits per heavy atom. The molecule has 0 aliphatic heterocycles. The molecule has 0 radical (unpaired) electrons. The molecule has 2 aromatic carbocycles. The first-order valence-electron chi connectivity index (χ1n) is 12.7. The van der Waals surface area contributed by atoms with Gasteiger partial charge in [-0.3, -0.25) is 5.32 Å². The number of hydrogen-bond donors (Lipinski definition) is 1. The summed E-state index contributed by atoms with van der Waals surface area (Å²) in [5.41, 5.74) is 3.18. The smallest absolute Gasteiger partial charge is 0.411 e. The van der Waals surface area contributed by atoms with Gasteiger partial charge in [0.25, 0.3) is 0 Å². The Balaban J connectivity index is 1.33. The highest BCUT2D eigenvalue weighted by Crippen LogP contribution is 2.39. The van der Waals surface area contributed by atoms with E-state index in [1.807, 2.05) is 0 Å². The first kappa shape index (κ1) is 26.3. The number of tetrazole rings is 1. The van der Waals surface area contributed by atoms with Crippen LogP contribution in [0.2, 0.25) is 5.02 Å². The number of nitrogens with one attached hydrogen (secondary N) is 1. The molecule has 0 saturated heterocycles. The molecule has 3 heterocycles.